The van der Waals surface area contributed by atoms with Gasteiger partial charge in [0.05, 0.1) is 17.3 Å². The Bertz CT molecular complexity index is 830. The van der Waals surface area contributed by atoms with Gasteiger partial charge in [-0.05, 0) is 55.6 Å². The van der Waals surface area contributed by atoms with E-state index in [1.165, 1.54) is 11.1 Å². The van der Waals surface area contributed by atoms with Gasteiger partial charge in [0, 0.05) is 31.2 Å². The van der Waals surface area contributed by atoms with E-state index in [2.05, 4.69) is 40.4 Å². The highest BCUT2D eigenvalue weighted by atomic mass is 35.5. The molecule has 0 radical (unpaired) electrons. The maximum absolute atomic E-state index is 13.1. The van der Waals surface area contributed by atoms with Crippen LogP contribution >= 0.6 is 11.6 Å². The molecule has 1 aliphatic heterocycles. The lowest BCUT2D eigenvalue weighted by atomic mass is 9.82. The number of halogens is 1. The molecular weight excluding hydrogens is 358 g/mol. The summed E-state index contributed by atoms with van der Waals surface area (Å²) in [5.74, 6) is -0.0194. The largest absolute Gasteiger partial charge is 0.367 e. The van der Waals surface area contributed by atoms with Gasteiger partial charge in [0.15, 0.2) is 0 Å². The molecule has 0 bridgehead atoms. The van der Waals surface area contributed by atoms with Crippen LogP contribution in [-0.2, 0) is 11.2 Å². The van der Waals surface area contributed by atoms with Gasteiger partial charge in [-0.1, -0.05) is 35.9 Å². The van der Waals surface area contributed by atoms with Crippen LogP contribution in [0.5, 0.6) is 0 Å². The summed E-state index contributed by atoms with van der Waals surface area (Å²) in [4.78, 5) is 17.8. The molecule has 0 aromatic heterocycles. The van der Waals surface area contributed by atoms with Crippen molar-refractivity contribution in [2.45, 2.75) is 25.2 Å². The Kier molecular flexibility index (Phi) is 5.37. The molecule has 1 fully saturated rings. The van der Waals surface area contributed by atoms with Crippen LogP contribution in [0.2, 0.25) is 5.02 Å². The first-order chi connectivity index (χ1) is 13.1. The van der Waals surface area contributed by atoms with Gasteiger partial charge >= 0.3 is 0 Å². The normalized spacial score (nSPS) is 20.2. The average Bonchev–Trinajstić information content (AvgIpc) is 2.68. The average molecular weight is 384 g/mol. The Morgan fingerprint density at radius 2 is 1.89 bits per heavy atom. The second-order valence-electron chi connectivity index (χ2n) is 7.58. The van der Waals surface area contributed by atoms with Crippen molar-refractivity contribution in [1.82, 2.24) is 4.90 Å². The van der Waals surface area contributed by atoms with Crippen molar-refractivity contribution in [2.75, 3.05) is 43.4 Å². The number of nitrogens with one attached hydrogen (secondary N) is 1. The van der Waals surface area contributed by atoms with Gasteiger partial charge in [0.1, 0.15) is 0 Å². The number of fused-ring (bicyclic) bond motifs is 1. The van der Waals surface area contributed by atoms with E-state index in [-0.39, 0.29) is 11.8 Å². The number of aryl methyl sites for hydroxylation is 1. The second-order valence-corrected chi connectivity index (χ2v) is 8.02. The van der Waals surface area contributed by atoms with Crippen LogP contribution in [0.3, 0.4) is 0 Å². The molecule has 5 heteroatoms. The molecule has 1 unspecified atom stereocenters. The number of carbonyl (C=O) groups is 1. The molecule has 27 heavy (non-hydrogen) atoms. The van der Waals surface area contributed by atoms with Gasteiger partial charge in [-0.2, -0.15) is 0 Å². The minimum Gasteiger partial charge on any atom is -0.367 e. The third-order valence-corrected chi connectivity index (χ3v) is 5.98. The van der Waals surface area contributed by atoms with Crippen molar-refractivity contribution in [2.24, 2.45) is 0 Å². The molecule has 2 aromatic carbocycles. The number of benzene rings is 2. The summed E-state index contributed by atoms with van der Waals surface area (Å²) in [5, 5.41) is 3.84. The summed E-state index contributed by atoms with van der Waals surface area (Å²) in [6.45, 7) is 3.94. The van der Waals surface area contributed by atoms with Gasteiger partial charge in [-0.15, -0.1) is 0 Å². The summed E-state index contributed by atoms with van der Waals surface area (Å²) in [7, 11) is 2.14. The molecule has 1 N–H and O–H groups in total. The predicted molar refractivity (Wildman–Crippen MR) is 112 cm³/mol. The van der Waals surface area contributed by atoms with Crippen molar-refractivity contribution in [3.05, 3.63) is 58.6 Å². The second kappa shape index (κ2) is 7.91. The van der Waals surface area contributed by atoms with E-state index in [1.54, 1.807) is 0 Å². The SMILES string of the molecule is CN1CCN(c2ccc(Cl)cc2NC(=O)C2CCCc3ccccc32)CC1. The number of anilines is 2. The zero-order valence-corrected chi connectivity index (χ0v) is 16.5. The summed E-state index contributed by atoms with van der Waals surface area (Å²) in [5.41, 5.74) is 4.35. The van der Waals surface area contributed by atoms with E-state index in [4.69, 9.17) is 11.6 Å². The van der Waals surface area contributed by atoms with Crippen molar-refractivity contribution < 1.29 is 4.79 Å². The topological polar surface area (TPSA) is 35.6 Å². The van der Waals surface area contributed by atoms with Crippen LogP contribution in [0.1, 0.15) is 29.9 Å². The number of carbonyl (C=O) groups excluding carboxylic acids is 1. The Morgan fingerprint density at radius 3 is 2.70 bits per heavy atom. The molecule has 2 aliphatic rings. The predicted octanol–water partition coefficient (Wildman–Crippen LogP) is 4.15. The van der Waals surface area contributed by atoms with Crippen LogP contribution in [0.25, 0.3) is 0 Å². The van der Waals surface area contributed by atoms with Crippen LogP contribution in [0.4, 0.5) is 11.4 Å². The van der Waals surface area contributed by atoms with Crippen LogP contribution in [0.15, 0.2) is 42.5 Å². The molecule has 0 saturated carbocycles. The molecule has 4 rings (SSSR count). The zero-order chi connectivity index (χ0) is 18.8. The van der Waals surface area contributed by atoms with E-state index in [0.29, 0.717) is 5.02 Å². The number of hydrogen-bond acceptors (Lipinski definition) is 3. The Hall–Kier alpha value is -2.04. The minimum atomic E-state index is -0.0886. The summed E-state index contributed by atoms with van der Waals surface area (Å²) in [6.07, 6.45) is 3.01. The highest BCUT2D eigenvalue weighted by Gasteiger charge is 2.27. The lowest BCUT2D eigenvalue weighted by Crippen LogP contribution is -2.44. The Morgan fingerprint density at radius 1 is 1.11 bits per heavy atom. The first-order valence-electron chi connectivity index (χ1n) is 9.73. The van der Waals surface area contributed by atoms with Gasteiger partial charge in [0.25, 0.3) is 0 Å². The number of hydrogen-bond donors (Lipinski definition) is 1. The molecule has 0 spiro atoms. The Labute approximate surface area is 166 Å². The molecule has 1 amide bonds. The number of nitrogens with zero attached hydrogens (tertiary/aromatic N) is 2. The highest BCUT2D eigenvalue weighted by Crippen LogP contribution is 2.35. The van der Waals surface area contributed by atoms with Crippen molar-refractivity contribution in [1.29, 1.82) is 0 Å². The lowest BCUT2D eigenvalue weighted by Gasteiger charge is -2.35. The summed E-state index contributed by atoms with van der Waals surface area (Å²) < 4.78 is 0. The summed E-state index contributed by atoms with van der Waals surface area (Å²) in [6, 6.07) is 14.1. The van der Waals surface area contributed by atoms with E-state index in [0.717, 1.165) is 56.8 Å². The molecule has 1 aliphatic carbocycles. The standard InChI is InChI=1S/C22H26ClN3O/c1-25-11-13-26(14-12-25)21-10-9-17(23)15-20(21)24-22(27)19-8-4-6-16-5-2-3-7-18(16)19/h2-3,5,7,9-10,15,19H,4,6,8,11-14H2,1H3,(H,24,27). The Balaban J connectivity index is 1.57. The molecule has 2 aromatic rings. The fourth-order valence-corrected chi connectivity index (χ4v) is 4.35. The van der Waals surface area contributed by atoms with Gasteiger partial charge in [-0.25, -0.2) is 0 Å². The monoisotopic (exact) mass is 383 g/mol. The van der Waals surface area contributed by atoms with Gasteiger partial charge in [0.2, 0.25) is 5.91 Å². The maximum atomic E-state index is 13.1. The minimum absolute atomic E-state index is 0.0693. The van der Waals surface area contributed by atoms with E-state index < -0.39 is 0 Å². The fourth-order valence-electron chi connectivity index (χ4n) is 4.18. The molecule has 1 saturated heterocycles. The van der Waals surface area contributed by atoms with Crippen molar-refractivity contribution in [3.8, 4) is 0 Å². The quantitative estimate of drug-likeness (QED) is 0.864. The van der Waals surface area contributed by atoms with Crippen LogP contribution in [0, 0.1) is 0 Å². The zero-order valence-electron chi connectivity index (χ0n) is 15.7. The third-order valence-electron chi connectivity index (χ3n) is 5.75. The first-order valence-corrected chi connectivity index (χ1v) is 10.1. The summed E-state index contributed by atoms with van der Waals surface area (Å²) >= 11 is 6.25. The van der Waals surface area contributed by atoms with Crippen molar-refractivity contribution in [3.63, 3.8) is 0 Å². The molecular formula is C22H26ClN3O. The first kappa shape index (κ1) is 18.3. The number of rotatable bonds is 3. The van der Waals surface area contributed by atoms with E-state index in [1.807, 2.05) is 24.3 Å². The molecule has 4 nitrogen and oxygen atoms in total. The van der Waals surface area contributed by atoms with Gasteiger partial charge in [-0.3, -0.25) is 4.79 Å². The number of amides is 1. The highest BCUT2D eigenvalue weighted by molar-refractivity contribution is 6.31. The van der Waals surface area contributed by atoms with Crippen LogP contribution < -0.4 is 10.2 Å². The molecule has 1 heterocycles. The van der Waals surface area contributed by atoms with Crippen molar-refractivity contribution >= 4 is 28.9 Å². The van der Waals surface area contributed by atoms with E-state index >= 15 is 0 Å². The number of piperazine rings is 1. The van der Waals surface area contributed by atoms with Crippen LogP contribution in [-0.4, -0.2) is 44.0 Å². The number of likely N-dealkylation sites (N-methyl/N-ethyl adjacent to an activating group) is 1. The molecule has 1 atom stereocenters. The fraction of sp³-hybridized carbons (Fsp3) is 0.409. The maximum Gasteiger partial charge on any atom is 0.231 e. The molecule has 142 valence electrons. The third kappa shape index (κ3) is 3.97. The van der Waals surface area contributed by atoms with E-state index in [9.17, 15) is 4.79 Å². The smallest absolute Gasteiger partial charge is 0.231 e. The van der Waals surface area contributed by atoms with Gasteiger partial charge < -0.3 is 15.1 Å². The lowest BCUT2D eigenvalue weighted by molar-refractivity contribution is -0.117.